The molecule has 0 aromatic rings. The number of nitrogens with one attached hydrogen (secondary N) is 1. The first-order valence-corrected chi connectivity index (χ1v) is 27.3. The van der Waals surface area contributed by atoms with E-state index in [1.807, 2.05) is 27.2 Å². The first-order chi connectivity index (χ1) is 31.5. The molecule has 3 atom stereocenters. The van der Waals surface area contributed by atoms with Gasteiger partial charge in [0, 0.05) is 6.42 Å². The minimum Gasteiger partial charge on any atom is -0.387 e. The van der Waals surface area contributed by atoms with E-state index >= 15 is 0 Å². The zero-order valence-corrected chi connectivity index (χ0v) is 43.1. The van der Waals surface area contributed by atoms with Crippen LogP contribution in [0.15, 0.2) is 109 Å². The van der Waals surface area contributed by atoms with Gasteiger partial charge in [-0.1, -0.05) is 207 Å². The molecule has 0 saturated carbocycles. The molecule has 0 aromatic carbocycles. The van der Waals surface area contributed by atoms with Crippen molar-refractivity contribution < 1.29 is 32.9 Å². The summed E-state index contributed by atoms with van der Waals surface area (Å²) in [5.74, 6) is -0.224. The molecule has 0 rings (SSSR count). The van der Waals surface area contributed by atoms with Gasteiger partial charge in [0.2, 0.25) is 5.91 Å². The minimum absolute atomic E-state index is 0.0466. The number of likely N-dealkylation sites (N-methyl/N-ethyl adjacent to an activating group) is 1. The molecule has 0 spiro atoms. The zero-order valence-electron chi connectivity index (χ0n) is 42.2. The van der Waals surface area contributed by atoms with Gasteiger partial charge in [-0.25, -0.2) is 4.57 Å². The highest BCUT2D eigenvalue weighted by molar-refractivity contribution is 7.47. The van der Waals surface area contributed by atoms with E-state index in [1.54, 1.807) is 6.08 Å². The molecule has 1 amide bonds. The smallest absolute Gasteiger partial charge is 0.387 e. The molecular formula is C56H98N2O6P+. The van der Waals surface area contributed by atoms with E-state index in [0.717, 1.165) is 83.5 Å². The van der Waals surface area contributed by atoms with E-state index in [0.29, 0.717) is 23.9 Å². The normalized spacial score (nSPS) is 15.0. The lowest BCUT2D eigenvalue weighted by molar-refractivity contribution is -0.870. The van der Waals surface area contributed by atoms with Gasteiger partial charge in [0.15, 0.2) is 0 Å². The maximum absolute atomic E-state index is 12.9. The van der Waals surface area contributed by atoms with Gasteiger partial charge in [-0.05, 0) is 83.5 Å². The number of aliphatic hydroxyl groups excluding tert-OH is 1. The number of phosphoric acid groups is 1. The van der Waals surface area contributed by atoms with Crippen LogP contribution in [-0.2, 0) is 18.4 Å². The Labute approximate surface area is 400 Å². The standard InChI is InChI=1S/C56H97N2O6P/c1-6-8-10-12-14-16-18-20-22-24-25-26-27-28-29-30-31-32-33-34-36-38-40-42-44-46-48-50-56(60)57-54(53-64-65(61,62)63-52-51-58(3,4)5)55(59)49-47-45-43-41-39-37-35-23-21-19-17-15-13-11-9-7-2/h8,10,14,16,20,22,25-26,28-29,31-32,34,36,40,42,47,49,54-55,59H,6-7,9,11-13,15,17-19,21,23-24,27,30,33,35,37-39,41,43-46,48,50-53H2,1-5H3,(H-,57,60,61,62)/p+1/b10-8-,16-14-,22-20-,26-25-,29-28-,32-31-,36-34-,42-40-,49-47+. The third kappa shape index (κ3) is 48.9. The summed E-state index contributed by atoms with van der Waals surface area (Å²) in [6, 6.07) is -0.878. The Bertz CT molecular complexity index is 1420. The van der Waals surface area contributed by atoms with Crippen LogP contribution in [0.25, 0.3) is 0 Å². The Morgan fingerprint density at radius 2 is 0.923 bits per heavy atom. The van der Waals surface area contributed by atoms with E-state index in [-0.39, 0.29) is 19.1 Å². The summed E-state index contributed by atoms with van der Waals surface area (Å²) in [4.78, 5) is 23.2. The van der Waals surface area contributed by atoms with Gasteiger partial charge in [0.05, 0.1) is 39.9 Å². The van der Waals surface area contributed by atoms with Crippen LogP contribution in [-0.4, -0.2) is 73.4 Å². The lowest BCUT2D eigenvalue weighted by Crippen LogP contribution is -2.45. The molecule has 8 nitrogen and oxygen atoms in total. The number of quaternary nitrogens is 1. The molecule has 0 radical (unpaired) electrons. The first kappa shape index (κ1) is 62.2. The predicted molar refractivity (Wildman–Crippen MR) is 281 cm³/mol. The van der Waals surface area contributed by atoms with Crippen LogP contribution < -0.4 is 5.32 Å². The number of hydrogen-bond acceptors (Lipinski definition) is 5. The molecule has 0 heterocycles. The molecule has 9 heteroatoms. The zero-order chi connectivity index (χ0) is 47.8. The Balaban J connectivity index is 4.43. The van der Waals surface area contributed by atoms with Gasteiger partial charge in [0.1, 0.15) is 13.2 Å². The van der Waals surface area contributed by atoms with E-state index in [9.17, 15) is 19.4 Å². The van der Waals surface area contributed by atoms with Crippen molar-refractivity contribution >= 4 is 13.7 Å². The van der Waals surface area contributed by atoms with Crippen LogP contribution in [0.2, 0.25) is 0 Å². The predicted octanol–water partition coefficient (Wildman–Crippen LogP) is 15.3. The van der Waals surface area contributed by atoms with Crippen LogP contribution in [0.5, 0.6) is 0 Å². The lowest BCUT2D eigenvalue weighted by Gasteiger charge is -2.25. The number of amides is 1. The molecule has 0 bridgehead atoms. The van der Waals surface area contributed by atoms with Gasteiger partial charge in [-0.3, -0.25) is 13.8 Å². The summed E-state index contributed by atoms with van der Waals surface area (Å²) < 4.78 is 23.6. The SMILES string of the molecule is CC/C=C\C/C=C\C/C=C\C/C=C\C/C=C\C/C=C\C/C=C\C/C=C\CCCCC(=O)NC(COP(=O)(O)OCC[N+](C)(C)C)C(O)/C=C/CCCCCCCCCCCCCCCC. The fourth-order valence-corrected chi connectivity index (χ4v) is 7.44. The van der Waals surface area contributed by atoms with Crippen molar-refractivity contribution in [2.24, 2.45) is 0 Å². The van der Waals surface area contributed by atoms with Gasteiger partial charge in [-0.15, -0.1) is 0 Å². The number of rotatable bonds is 45. The maximum Gasteiger partial charge on any atom is 0.472 e. The number of nitrogens with zero attached hydrogens (tertiary/aromatic N) is 1. The number of carbonyl (C=O) groups excluding carboxylic acids is 1. The number of phosphoric ester groups is 1. The third-order valence-electron chi connectivity index (χ3n) is 10.7. The summed E-state index contributed by atoms with van der Waals surface area (Å²) in [6.45, 7) is 4.65. The molecule has 0 aliphatic heterocycles. The molecule has 0 aliphatic rings. The van der Waals surface area contributed by atoms with Crippen molar-refractivity contribution in [2.45, 2.75) is 199 Å². The summed E-state index contributed by atoms with van der Waals surface area (Å²) >= 11 is 0. The highest BCUT2D eigenvalue weighted by Gasteiger charge is 2.27. The largest absolute Gasteiger partial charge is 0.472 e. The highest BCUT2D eigenvalue weighted by atomic mass is 31.2. The Morgan fingerprint density at radius 3 is 1.35 bits per heavy atom. The van der Waals surface area contributed by atoms with Crippen molar-refractivity contribution in [1.29, 1.82) is 0 Å². The molecule has 3 unspecified atom stereocenters. The summed E-state index contributed by atoms with van der Waals surface area (Å²) in [7, 11) is 1.52. The van der Waals surface area contributed by atoms with Gasteiger partial charge in [0.25, 0.3) is 0 Å². The van der Waals surface area contributed by atoms with Crippen molar-refractivity contribution in [3.8, 4) is 0 Å². The summed E-state index contributed by atoms with van der Waals surface area (Å²) in [5.41, 5.74) is 0. The van der Waals surface area contributed by atoms with Crippen molar-refractivity contribution in [3.05, 3.63) is 109 Å². The quantitative estimate of drug-likeness (QED) is 0.0243. The van der Waals surface area contributed by atoms with E-state index in [1.165, 1.54) is 77.0 Å². The minimum atomic E-state index is -4.36. The van der Waals surface area contributed by atoms with E-state index in [4.69, 9.17) is 9.05 Å². The fourth-order valence-electron chi connectivity index (χ4n) is 6.70. The molecular weight excluding hydrogens is 828 g/mol. The van der Waals surface area contributed by atoms with Crippen molar-refractivity contribution in [3.63, 3.8) is 0 Å². The molecule has 372 valence electrons. The van der Waals surface area contributed by atoms with Crippen molar-refractivity contribution in [1.82, 2.24) is 5.32 Å². The van der Waals surface area contributed by atoms with E-state index < -0.39 is 20.0 Å². The molecule has 0 aliphatic carbocycles. The maximum atomic E-state index is 12.9. The summed E-state index contributed by atoms with van der Waals surface area (Å²) in [5, 5.41) is 13.8. The third-order valence-corrected chi connectivity index (χ3v) is 11.7. The average molecular weight is 926 g/mol. The molecule has 65 heavy (non-hydrogen) atoms. The monoisotopic (exact) mass is 926 g/mol. The molecule has 0 saturated heterocycles. The number of aliphatic hydroxyl groups is 1. The second-order valence-corrected chi connectivity index (χ2v) is 19.6. The second-order valence-electron chi connectivity index (χ2n) is 18.2. The lowest BCUT2D eigenvalue weighted by atomic mass is 10.0. The first-order valence-electron chi connectivity index (χ1n) is 25.8. The topological polar surface area (TPSA) is 105 Å². The Kier molecular flexibility index (Phi) is 44.3. The van der Waals surface area contributed by atoms with Crippen LogP contribution in [0, 0.1) is 0 Å². The number of hydrogen-bond donors (Lipinski definition) is 3. The number of unbranched alkanes of at least 4 members (excludes halogenated alkanes) is 16. The molecule has 3 N–H and O–H groups in total. The Morgan fingerprint density at radius 1 is 0.538 bits per heavy atom. The molecule has 0 fully saturated rings. The second kappa shape index (κ2) is 46.3. The van der Waals surface area contributed by atoms with Crippen molar-refractivity contribution in [2.75, 3.05) is 40.9 Å². The number of carbonyl (C=O) groups is 1. The molecule has 0 aromatic heterocycles. The van der Waals surface area contributed by atoms with Gasteiger partial charge < -0.3 is 19.8 Å². The number of allylic oxidation sites excluding steroid dienone is 17. The van der Waals surface area contributed by atoms with Crippen LogP contribution in [0.4, 0.5) is 0 Å². The average Bonchev–Trinajstić information content (AvgIpc) is 3.26. The Hall–Kier alpha value is -2.84. The van der Waals surface area contributed by atoms with Crippen LogP contribution in [0.1, 0.15) is 187 Å². The fraction of sp³-hybridized carbons (Fsp3) is 0.661. The van der Waals surface area contributed by atoms with Gasteiger partial charge in [-0.2, -0.15) is 0 Å². The summed E-state index contributed by atoms with van der Waals surface area (Å²) in [6.07, 6.45) is 67.4. The van der Waals surface area contributed by atoms with Crippen LogP contribution >= 0.6 is 7.82 Å². The highest BCUT2D eigenvalue weighted by Crippen LogP contribution is 2.43. The van der Waals surface area contributed by atoms with Gasteiger partial charge >= 0.3 is 7.82 Å². The van der Waals surface area contributed by atoms with E-state index in [2.05, 4.69) is 116 Å². The van der Waals surface area contributed by atoms with Crippen LogP contribution in [0.3, 0.4) is 0 Å².